The molecule has 1 saturated heterocycles. The topological polar surface area (TPSA) is 41.3 Å². The van der Waals surface area contributed by atoms with E-state index in [0.717, 1.165) is 44.6 Å². The van der Waals surface area contributed by atoms with Crippen LogP contribution < -0.4 is 0 Å². The van der Waals surface area contributed by atoms with Gasteiger partial charge in [-0.3, -0.25) is 9.58 Å². The average Bonchev–Trinajstić information content (AvgIpc) is 2.63. The quantitative estimate of drug-likeness (QED) is 0.862. The lowest BCUT2D eigenvalue weighted by Crippen LogP contribution is -2.42. The molecule has 0 atom stereocenters. The first-order valence-corrected chi connectivity index (χ1v) is 6.47. The second kappa shape index (κ2) is 4.78. The molecule has 1 fully saturated rings. The summed E-state index contributed by atoms with van der Waals surface area (Å²) in [6.45, 7) is 6.95. The molecule has 2 heterocycles. The van der Waals surface area contributed by atoms with Gasteiger partial charge in [0, 0.05) is 26.7 Å². The summed E-state index contributed by atoms with van der Waals surface area (Å²) in [6, 6.07) is 2.19. The van der Waals surface area contributed by atoms with E-state index in [-0.39, 0.29) is 0 Å². The lowest BCUT2D eigenvalue weighted by atomic mass is 9.94. The molecule has 17 heavy (non-hydrogen) atoms. The number of nitrogens with zero attached hydrogens (tertiary/aromatic N) is 3. The Balaban J connectivity index is 1.95. The van der Waals surface area contributed by atoms with E-state index in [1.807, 2.05) is 18.7 Å². The van der Waals surface area contributed by atoms with Gasteiger partial charge in [0.1, 0.15) is 0 Å². The summed E-state index contributed by atoms with van der Waals surface area (Å²) < 4.78 is 1.98. The highest BCUT2D eigenvalue weighted by Gasteiger charge is 2.27. The molecular formula is C13H23N3O. The van der Waals surface area contributed by atoms with E-state index in [2.05, 4.69) is 23.0 Å². The van der Waals surface area contributed by atoms with E-state index in [0.29, 0.717) is 0 Å². The normalized spacial score (nSPS) is 20.7. The molecule has 0 bridgehead atoms. The van der Waals surface area contributed by atoms with Crippen molar-refractivity contribution >= 4 is 0 Å². The molecular weight excluding hydrogens is 214 g/mol. The van der Waals surface area contributed by atoms with E-state index in [9.17, 15) is 5.11 Å². The third-order valence-electron chi connectivity index (χ3n) is 3.71. The molecule has 1 aliphatic heterocycles. The number of aliphatic hydroxyl groups is 1. The SMILES string of the molecule is CCc1cc(CN2CCC(C)(O)CC2)n(C)n1. The maximum atomic E-state index is 9.91. The number of aryl methyl sites for hydroxylation is 2. The fourth-order valence-electron chi connectivity index (χ4n) is 2.31. The Labute approximate surface area is 103 Å². The number of aromatic nitrogens is 2. The molecule has 0 spiro atoms. The Morgan fingerprint density at radius 2 is 2.06 bits per heavy atom. The summed E-state index contributed by atoms with van der Waals surface area (Å²) in [6.07, 6.45) is 2.72. The van der Waals surface area contributed by atoms with Crippen LogP contribution in [-0.2, 0) is 20.0 Å². The van der Waals surface area contributed by atoms with Crippen LogP contribution >= 0.6 is 0 Å². The maximum Gasteiger partial charge on any atom is 0.0644 e. The summed E-state index contributed by atoms with van der Waals surface area (Å²) in [4.78, 5) is 2.40. The Kier molecular flexibility index (Phi) is 3.54. The van der Waals surface area contributed by atoms with Crippen LogP contribution in [0.3, 0.4) is 0 Å². The lowest BCUT2D eigenvalue weighted by Gasteiger charge is -2.35. The highest BCUT2D eigenvalue weighted by molar-refractivity contribution is 5.10. The van der Waals surface area contributed by atoms with Crippen LogP contribution in [0.5, 0.6) is 0 Å². The van der Waals surface area contributed by atoms with Gasteiger partial charge in [0.15, 0.2) is 0 Å². The Morgan fingerprint density at radius 1 is 1.41 bits per heavy atom. The minimum Gasteiger partial charge on any atom is -0.390 e. The van der Waals surface area contributed by atoms with Crippen molar-refractivity contribution in [2.75, 3.05) is 13.1 Å². The summed E-state index contributed by atoms with van der Waals surface area (Å²) in [5.41, 5.74) is 1.97. The molecule has 1 N–H and O–H groups in total. The van der Waals surface area contributed by atoms with Gasteiger partial charge in [0.25, 0.3) is 0 Å². The molecule has 96 valence electrons. The van der Waals surface area contributed by atoms with Crippen molar-refractivity contribution in [2.24, 2.45) is 7.05 Å². The first kappa shape index (κ1) is 12.6. The summed E-state index contributed by atoms with van der Waals surface area (Å²) in [5.74, 6) is 0. The summed E-state index contributed by atoms with van der Waals surface area (Å²) in [5, 5.41) is 14.4. The molecule has 1 aromatic rings. The van der Waals surface area contributed by atoms with Gasteiger partial charge >= 0.3 is 0 Å². The van der Waals surface area contributed by atoms with Crippen LogP contribution in [-0.4, -0.2) is 38.5 Å². The van der Waals surface area contributed by atoms with Crippen LogP contribution in [0.15, 0.2) is 6.07 Å². The lowest BCUT2D eigenvalue weighted by molar-refractivity contribution is -0.00779. The third kappa shape index (κ3) is 3.07. The zero-order chi connectivity index (χ0) is 12.5. The Morgan fingerprint density at radius 3 is 2.59 bits per heavy atom. The smallest absolute Gasteiger partial charge is 0.0644 e. The monoisotopic (exact) mass is 237 g/mol. The van der Waals surface area contributed by atoms with Crippen molar-refractivity contribution in [1.82, 2.24) is 14.7 Å². The minimum atomic E-state index is -0.461. The highest BCUT2D eigenvalue weighted by Crippen LogP contribution is 2.22. The van der Waals surface area contributed by atoms with Gasteiger partial charge in [-0.2, -0.15) is 5.10 Å². The van der Waals surface area contributed by atoms with Crippen LogP contribution in [0.2, 0.25) is 0 Å². The molecule has 0 unspecified atom stereocenters. The summed E-state index contributed by atoms with van der Waals surface area (Å²) in [7, 11) is 2.01. The fraction of sp³-hybridized carbons (Fsp3) is 0.769. The van der Waals surface area contributed by atoms with Crippen molar-refractivity contribution in [3.63, 3.8) is 0 Å². The predicted octanol–water partition coefficient (Wildman–Crippen LogP) is 1.33. The Bertz CT molecular complexity index is 374. The molecule has 4 nitrogen and oxygen atoms in total. The molecule has 0 saturated carbocycles. The van der Waals surface area contributed by atoms with Gasteiger partial charge in [-0.15, -0.1) is 0 Å². The molecule has 0 aromatic carbocycles. The zero-order valence-electron chi connectivity index (χ0n) is 11.1. The first-order valence-electron chi connectivity index (χ1n) is 6.47. The second-order valence-corrected chi connectivity index (χ2v) is 5.38. The average molecular weight is 237 g/mol. The number of piperidine rings is 1. The molecule has 1 aliphatic rings. The maximum absolute atomic E-state index is 9.91. The minimum absolute atomic E-state index is 0.461. The van der Waals surface area contributed by atoms with Gasteiger partial charge in [0.2, 0.25) is 0 Å². The number of likely N-dealkylation sites (tertiary alicyclic amines) is 1. The fourth-order valence-corrected chi connectivity index (χ4v) is 2.31. The zero-order valence-corrected chi connectivity index (χ0v) is 11.1. The third-order valence-corrected chi connectivity index (χ3v) is 3.71. The van der Waals surface area contributed by atoms with Gasteiger partial charge in [-0.1, -0.05) is 6.92 Å². The molecule has 0 aliphatic carbocycles. The van der Waals surface area contributed by atoms with Crippen molar-refractivity contribution in [2.45, 2.75) is 45.3 Å². The van der Waals surface area contributed by atoms with Crippen LogP contribution in [0.25, 0.3) is 0 Å². The standard InChI is InChI=1S/C13H23N3O/c1-4-11-9-12(15(3)14-11)10-16-7-5-13(2,17)6-8-16/h9,17H,4-8,10H2,1-3H3. The van der Waals surface area contributed by atoms with E-state index < -0.39 is 5.60 Å². The van der Waals surface area contributed by atoms with Crippen molar-refractivity contribution in [3.05, 3.63) is 17.5 Å². The number of hydrogen-bond donors (Lipinski definition) is 1. The number of rotatable bonds is 3. The molecule has 1 aromatic heterocycles. The van der Waals surface area contributed by atoms with E-state index in [1.165, 1.54) is 5.69 Å². The number of hydrogen-bond acceptors (Lipinski definition) is 3. The highest BCUT2D eigenvalue weighted by atomic mass is 16.3. The van der Waals surface area contributed by atoms with Gasteiger partial charge in [-0.25, -0.2) is 0 Å². The first-order chi connectivity index (χ1) is 8.00. The van der Waals surface area contributed by atoms with E-state index in [1.54, 1.807) is 0 Å². The largest absolute Gasteiger partial charge is 0.390 e. The van der Waals surface area contributed by atoms with E-state index >= 15 is 0 Å². The molecule has 0 radical (unpaired) electrons. The van der Waals surface area contributed by atoms with Crippen LogP contribution in [0.1, 0.15) is 38.1 Å². The van der Waals surface area contributed by atoms with Crippen LogP contribution in [0, 0.1) is 0 Å². The van der Waals surface area contributed by atoms with Crippen molar-refractivity contribution in [3.8, 4) is 0 Å². The molecule has 2 rings (SSSR count). The van der Waals surface area contributed by atoms with Gasteiger partial charge < -0.3 is 5.11 Å². The van der Waals surface area contributed by atoms with Crippen molar-refractivity contribution in [1.29, 1.82) is 0 Å². The second-order valence-electron chi connectivity index (χ2n) is 5.38. The Hall–Kier alpha value is -0.870. The van der Waals surface area contributed by atoms with Crippen LogP contribution in [0.4, 0.5) is 0 Å². The van der Waals surface area contributed by atoms with Gasteiger partial charge in [-0.05, 0) is 32.3 Å². The van der Waals surface area contributed by atoms with Crippen molar-refractivity contribution < 1.29 is 5.11 Å². The van der Waals surface area contributed by atoms with E-state index in [4.69, 9.17) is 0 Å². The molecule has 0 amide bonds. The summed E-state index contributed by atoms with van der Waals surface area (Å²) >= 11 is 0. The van der Waals surface area contributed by atoms with Gasteiger partial charge in [0.05, 0.1) is 17.0 Å². The molecule has 4 heteroatoms. The predicted molar refractivity (Wildman–Crippen MR) is 67.7 cm³/mol.